The zero-order valence-corrected chi connectivity index (χ0v) is 19.4. The van der Waals surface area contributed by atoms with Crippen LogP contribution in [0.3, 0.4) is 0 Å². The number of halogens is 1. The zero-order valence-electron chi connectivity index (χ0n) is 19.4. The summed E-state index contributed by atoms with van der Waals surface area (Å²) in [5.74, 6) is 0.883. The second-order valence-electron chi connectivity index (χ2n) is 9.14. The number of hydrogen-bond donors (Lipinski definition) is 0. The van der Waals surface area contributed by atoms with Gasteiger partial charge in [0.05, 0.1) is 26.5 Å². The van der Waals surface area contributed by atoms with E-state index in [2.05, 4.69) is 5.16 Å². The van der Waals surface area contributed by atoms with Crippen molar-refractivity contribution in [1.29, 1.82) is 0 Å². The summed E-state index contributed by atoms with van der Waals surface area (Å²) < 4.78 is 24.9. The Morgan fingerprint density at radius 2 is 1.88 bits per heavy atom. The van der Waals surface area contributed by atoms with Crippen LogP contribution >= 0.6 is 0 Å². The number of benzene rings is 2. The van der Waals surface area contributed by atoms with Gasteiger partial charge in [-0.1, -0.05) is 44.1 Å². The third-order valence-corrected chi connectivity index (χ3v) is 5.23. The Balaban J connectivity index is 1.73. The van der Waals surface area contributed by atoms with Gasteiger partial charge in [0.25, 0.3) is 0 Å². The molecule has 0 N–H and O–H groups in total. The van der Waals surface area contributed by atoms with Crippen molar-refractivity contribution in [3.8, 4) is 11.5 Å². The van der Waals surface area contributed by atoms with Crippen molar-refractivity contribution in [1.82, 2.24) is 4.90 Å². The van der Waals surface area contributed by atoms with Crippen LogP contribution in [-0.2, 0) is 16.2 Å². The highest BCUT2D eigenvalue weighted by molar-refractivity contribution is 6.01. The molecular formula is C25H31FN2O4. The van der Waals surface area contributed by atoms with Crippen LogP contribution in [0.4, 0.5) is 4.39 Å². The van der Waals surface area contributed by atoms with Crippen molar-refractivity contribution in [3.63, 3.8) is 0 Å². The van der Waals surface area contributed by atoms with Crippen LogP contribution in [-0.4, -0.2) is 43.4 Å². The largest absolute Gasteiger partial charge is 0.493 e. The second-order valence-corrected chi connectivity index (χ2v) is 9.14. The quantitative estimate of drug-likeness (QED) is 0.589. The lowest BCUT2D eigenvalue weighted by atomic mass is 9.91. The first kappa shape index (κ1) is 23.6. The van der Waals surface area contributed by atoms with Gasteiger partial charge in [-0.3, -0.25) is 4.79 Å². The lowest BCUT2D eigenvalue weighted by Crippen LogP contribution is -2.39. The van der Waals surface area contributed by atoms with Crippen molar-refractivity contribution in [2.24, 2.45) is 10.6 Å². The third-order valence-electron chi connectivity index (χ3n) is 5.23. The molecule has 6 nitrogen and oxygen atoms in total. The van der Waals surface area contributed by atoms with Gasteiger partial charge in [-0.05, 0) is 29.7 Å². The fraction of sp³-hybridized carbons (Fsp3) is 0.440. The highest BCUT2D eigenvalue weighted by atomic mass is 19.1. The summed E-state index contributed by atoms with van der Waals surface area (Å²) >= 11 is 0. The van der Waals surface area contributed by atoms with Crippen molar-refractivity contribution in [2.75, 3.05) is 20.8 Å². The van der Waals surface area contributed by atoms with E-state index >= 15 is 0 Å². The SMILES string of the molecule is COc1ccc(C2=NOC(CN(Cc3ccccc3F)C(=O)CC(C)(C)C)C2)cc1OC. The summed E-state index contributed by atoms with van der Waals surface area (Å²) in [6, 6.07) is 12.1. The summed E-state index contributed by atoms with van der Waals surface area (Å²) in [4.78, 5) is 20.4. The summed E-state index contributed by atoms with van der Waals surface area (Å²) in [7, 11) is 3.17. The first-order valence-corrected chi connectivity index (χ1v) is 10.7. The van der Waals surface area contributed by atoms with Crippen LogP contribution in [0.2, 0.25) is 0 Å². The van der Waals surface area contributed by atoms with Crippen molar-refractivity contribution in [2.45, 2.75) is 46.3 Å². The van der Waals surface area contributed by atoms with E-state index in [0.717, 1.165) is 11.3 Å². The van der Waals surface area contributed by atoms with Gasteiger partial charge in [-0.25, -0.2) is 4.39 Å². The Morgan fingerprint density at radius 1 is 1.16 bits per heavy atom. The van der Waals surface area contributed by atoms with Gasteiger partial charge in [-0.15, -0.1) is 0 Å². The normalized spacial score (nSPS) is 15.7. The van der Waals surface area contributed by atoms with E-state index in [1.54, 1.807) is 37.3 Å². The van der Waals surface area contributed by atoms with Crippen LogP contribution in [0.1, 0.15) is 44.7 Å². The number of carbonyl (C=O) groups excluding carboxylic acids is 1. The van der Waals surface area contributed by atoms with E-state index < -0.39 is 0 Å². The van der Waals surface area contributed by atoms with Crippen molar-refractivity contribution in [3.05, 3.63) is 59.4 Å². The fourth-order valence-electron chi connectivity index (χ4n) is 3.61. The predicted octanol–water partition coefficient (Wildman–Crippen LogP) is 4.80. The number of nitrogens with zero attached hydrogens (tertiary/aromatic N) is 2. The Hall–Kier alpha value is -3.09. The molecule has 0 aromatic heterocycles. The maximum atomic E-state index is 14.3. The van der Waals surface area contributed by atoms with Crippen LogP contribution in [0, 0.1) is 11.2 Å². The molecule has 0 saturated heterocycles. The van der Waals surface area contributed by atoms with Crippen molar-refractivity contribution >= 4 is 11.6 Å². The minimum Gasteiger partial charge on any atom is -0.493 e. The molecule has 32 heavy (non-hydrogen) atoms. The highest BCUT2D eigenvalue weighted by Crippen LogP contribution is 2.30. The maximum Gasteiger partial charge on any atom is 0.223 e. The number of hydrogen-bond acceptors (Lipinski definition) is 5. The number of methoxy groups -OCH3 is 2. The second kappa shape index (κ2) is 10.0. The molecule has 2 aromatic carbocycles. The molecule has 0 bridgehead atoms. The molecule has 1 amide bonds. The van der Waals surface area contributed by atoms with E-state index in [9.17, 15) is 9.18 Å². The molecule has 7 heteroatoms. The van der Waals surface area contributed by atoms with Gasteiger partial charge in [-0.2, -0.15) is 0 Å². The average Bonchev–Trinajstić information content (AvgIpc) is 3.21. The average molecular weight is 443 g/mol. The summed E-state index contributed by atoms with van der Waals surface area (Å²) in [6.45, 7) is 6.54. The minimum atomic E-state index is -0.323. The van der Waals surface area contributed by atoms with Gasteiger partial charge in [0.15, 0.2) is 17.6 Å². The molecule has 1 unspecified atom stereocenters. The Bertz CT molecular complexity index is 984. The summed E-state index contributed by atoms with van der Waals surface area (Å²) in [5.41, 5.74) is 1.94. The van der Waals surface area contributed by atoms with Crippen LogP contribution < -0.4 is 9.47 Å². The van der Waals surface area contributed by atoms with Gasteiger partial charge < -0.3 is 19.2 Å². The summed E-state index contributed by atoms with van der Waals surface area (Å²) in [5, 5.41) is 4.24. The lowest BCUT2D eigenvalue weighted by molar-refractivity contribution is -0.135. The fourth-order valence-corrected chi connectivity index (χ4v) is 3.61. The van der Waals surface area contributed by atoms with E-state index in [0.29, 0.717) is 36.4 Å². The van der Waals surface area contributed by atoms with Crippen LogP contribution in [0.25, 0.3) is 0 Å². The highest BCUT2D eigenvalue weighted by Gasteiger charge is 2.29. The topological polar surface area (TPSA) is 60.4 Å². The van der Waals surface area contributed by atoms with Gasteiger partial charge >= 0.3 is 0 Å². The number of ether oxygens (including phenoxy) is 2. The molecule has 0 aliphatic carbocycles. The lowest BCUT2D eigenvalue weighted by Gasteiger charge is -2.28. The van der Waals surface area contributed by atoms with E-state index in [-0.39, 0.29) is 29.8 Å². The molecule has 172 valence electrons. The first-order valence-electron chi connectivity index (χ1n) is 10.7. The molecule has 1 atom stereocenters. The van der Waals surface area contributed by atoms with E-state index in [1.807, 2.05) is 39.0 Å². The molecule has 3 rings (SSSR count). The Labute approximate surface area is 189 Å². The van der Waals surface area contributed by atoms with Crippen LogP contribution in [0.15, 0.2) is 47.6 Å². The smallest absolute Gasteiger partial charge is 0.223 e. The Kier molecular flexibility index (Phi) is 7.38. The monoisotopic (exact) mass is 442 g/mol. The summed E-state index contributed by atoms with van der Waals surface area (Å²) in [6.07, 6.45) is 0.581. The van der Waals surface area contributed by atoms with Crippen molar-refractivity contribution < 1.29 is 23.5 Å². The van der Waals surface area contributed by atoms with Crippen LogP contribution in [0.5, 0.6) is 11.5 Å². The molecule has 0 saturated carbocycles. The zero-order chi connectivity index (χ0) is 23.3. The molecule has 0 fully saturated rings. The molecular weight excluding hydrogens is 411 g/mol. The number of amides is 1. The number of carbonyl (C=O) groups is 1. The van der Waals surface area contributed by atoms with E-state index in [1.165, 1.54) is 6.07 Å². The molecule has 0 radical (unpaired) electrons. The maximum absolute atomic E-state index is 14.3. The van der Waals surface area contributed by atoms with E-state index in [4.69, 9.17) is 14.3 Å². The number of oxime groups is 1. The molecule has 2 aromatic rings. The molecule has 1 aliphatic rings. The minimum absolute atomic E-state index is 0.0380. The molecule has 0 spiro atoms. The predicted molar refractivity (Wildman–Crippen MR) is 121 cm³/mol. The third kappa shape index (κ3) is 5.99. The first-order chi connectivity index (χ1) is 15.2. The number of rotatable bonds is 8. The Morgan fingerprint density at radius 3 is 2.53 bits per heavy atom. The van der Waals surface area contributed by atoms with Gasteiger partial charge in [0.1, 0.15) is 5.82 Å². The standard InChI is InChI=1S/C25H31FN2O4/c1-25(2,3)14-24(29)28(15-18-8-6-7-9-20(18)26)16-19-13-21(27-32-19)17-10-11-22(30-4)23(12-17)31-5/h6-12,19H,13-16H2,1-5H3. The molecule has 1 heterocycles. The van der Waals surface area contributed by atoms with Gasteiger partial charge in [0, 0.05) is 30.5 Å². The van der Waals surface area contributed by atoms with Gasteiger partial charge in [0.2, 0.25) is 5.91 Å². The molecule has 1 aliphatic heterocycles.